The third kappa shape index (κ3) is 2.18. The third-order valence-electron chi connectivity index (χ3n) is 4.39. The molecule has 1 amide bonds. The molecular formula is C16H23NO4. The molecule has 5 heteroatoms. The Kier molecular flexibility index (Phi) is 3.35. The number of rotatable bonds is 4. The zero-order valence-electron chi connectivity index (χ0n) is 13.0. The zero-order chi connectivity index (χ0) is 15.4. The van der Waals surface area contributed by atoms with Gasteiger partial charge in [-0.15, -0.1) is 0 Å². The number of esters is 1. The Labute approximate surface area is 125 Å². The second-order valence-corrected chi connectivity index (χ2v) is 7.00. The van der Waals surface area contributed by atoms with Crippen LogP contribution in [0, 0.1) is 17.8 Å². The molecule has 3 aliphatic heterocycles. The number of ether oxygens (including phenoxy) is 2. The predicted octanol–water partition coefficient (Wildman–Crippen LogP) is 1.38. The molecule has 116 valence electrons. The van der Waals surface area contributed by atoms with Gasteiger partial charge in [-0.1, -0.05) is 26.0 Å². The highest BCUT2D eigenvalue weighted by Crippen LogP contribution is 2.52. The first kappa shape index (κ1) is 14.6. The van der Waals surface area contributed by atoms with Gasteiger partial charge in [-0.25, -0.2) is 0 Å². The standard InChI is InChI=1S/C16H23NO4/c1-9(2)7-17-8-16-6-5-11(21-16)12(13(16)14(17)18)15(19)20-10(3)4/h5-6,9-13H,7-8H2,1-4H3/t11-,12+,13-,16-/m1/s1. The largest absolute Gasteiger partial charge is 0.463 e. The molecular weight excluding hydrogens is 270 g/mol. The van der Waals surface area contributed by atoms with Crippen LogP contribution < -0.4 is 0 Å². The smallest absolute Gasteiger partial charge is 0.313 e. The minimum atomic E-state index is -0.614. The Hall–Kier alpha value is -1.36. The van der Waals surface area contributed by atoms with E-state index in [9.17, 15) is 9.59 Å². The summed E-state index contributed by atoms with van der Waals surface area (Å²) >= 11 is 0. The molecule has 0 N–H and O–H groups in total. The van der Waals surface area contributed by atoms with Crippen molar-refractivity contribution >= 4 is 11.9 Å². The molecule has 4 atom stereocenters. The van der Waals surface area contributed by atoms with Crippen molar-refractivity contribution in [3.8, 4) is 0 Å². The lowest BCUT2D eigenvalue weighted by Crippen LogP contribution is -2.40. The van der Waals surface area contributed by atoms with E-state index in [4.69, 9.17) is 9.47 Å². The van der Waals surface area contributed by atoms with Crippen molar-refractivity contribution in [2.24, 2.45) is 17.8 Å². The molecule has 0 radical (unpaired) electrons. The molecule has 0 aromatic rings. The molecule has 5 nitrogen and oxygen atoms in total. The molecule has 21 heavy (non-hydrogen) atoms. The number of amides is 1. The van der Waals surface area contributed by atoms with Gasteiger partial charge in [0.05, 0.1) is 24.7 Å². The van der Waals surface area contributed by atoms with E-state index in [2.05, 4.69) is 13.8 Å². The van der Waals surface area contributed by atoms with E-state index in [0.717, 1.165) is 0 Å². The molecule has 3 rings (SSSR count). The summed E-state index contributed by atoms with van der Waals surface area (Å²) in [6.45, 7) is 9.05. The van der Waals surface area contributed by atoms with Crippen LogP contribution in [-0.2, 0) is 19.1 Å². The van der Waals surface area contributed by atoms with Gasteiger partial charge < -0.3 is 14.4 Å². The molecule has 2 saturated heterocycles. The molecule has 0 aromatic heterocycles. The first-order valence-electron chi connectivity index (χ1n) is 7.70. The SMILES string of the molecule is CC(C)CN1C[C@@]23C=C[C@@H](O2)[C@H](C(=O)OC(C)C)[C@@H]3C1=O. The van der Waals surface area contributed by atoms with Crippen molar-refractivity contribution in [1.29, 1.82) is 0 Å². The summed E-state index contributed by atoms with van der Waals surface area (Å²) in [7, 11) is 0. The average Bonchev–Trinajstić information content (AvgIpc) is 2.97. The summed E-state index contributed by atoms with van der Waals surface area (Å²) in [5.74, 6) is -0.807. The zero-order valence-corrected chi connectivity index (χ0v) is 13.0. The fourth-order valence-corrected chi connectivity index (χ4v) is 3.75. The number of carbonyl (C=O) groups is 2. The summed E-state index contributed by atoms with van der Waals surface area (Å²) < 4.78 is 11.3. The molecule has 0 saturated carbocycles. The maximum atomic E-state index is 12.7. The second-order valence-electron chi connectivity index (χ2n) is 7.00. The Morgan fingerprint density at radius 3 is 2.81 bits per heavy atom. The van der Waals surface area contributed by atoms with Gasteiger partial charge in [-0.2, -0.15) is 0 Å². The van der Waals surface area contributed by atoms with Crippen molar-refractivity contribution < 1.29 is 19.1 Å². The quantitative estimate of drug-likeness (QED) is 0.580. The van der Waals surface area contributed by atoms with E-state index in [1.165, 1.54) is 0 Å². The first-order valence-corrected chi connectivity index (χ1v) is 7.70. The van der Waals surface area contributed by atoms with E-state index < -0.39 is 17.4 Å². The van der Waals surface area contributed by atoms with Crippen LogP contribution in [0.1, 0.15) is 27.7 Å². The lowest BCUT2D eigenvalue weighted by molar-refractivity contribution is -0.157. The van der Waals surface area contributed by atoms with Gasteiger partial charge in [0.2, 0.25) is 5.91 Å². The Balaban J connectivity index is 1.85. The predicted molar refractivity (Wildman–Crippen MR) is 76.4 cm³/mol. The van der Waals surface area contributed by atoms with Crippen LogP contribution in [0.5, 0.6) is 0 Å². The normalized spacial score (nSPS) is 37.0. The van der Waals surface area contributed by atoms with Crippen LogP contribution in [-0.4, -0.2) is 47.7 Å². The molecule has 2 fully saturated rings. The number of hydrogen-bond donors (Lipinski definition) is 0. The Bertz CT molecular complexity index is 499. The van der Waals surface area contributed by atoms with Crippen molar-refractivity contribution in [1.82, 2.24) is 4.90 Å². The highest BCUT2D eigenvalue weighted by atomic mass is 16.6. The maximum absolute atomic E-state index is 12.7. The first-order chi connectivity index (χ1) is 9.84. The van der Waals surface area contributed by atoms with Crippen molar-refractivity contribution in [3.05, 3.63) is 12.2 Å². The second kappa shape index (κ2) is 4.83. The van der Waals surface area contributed by atoms with Crippen LogP contribution in [0.15, 0.2) is 12.2 Å². The van der Waals surface area contributed by atoms with E-state index in [-0.39, 0.29) is 24.1 Å². The van der Waals surface area contributed by atoms with Crippen molar-refractivity contribution in [2.75, 3.05) is 13.1 Å². The maximum Gasteiger partial charge on any atom is 0.313 e. The summed E-state index contributed by atoms with van der Waals surface area (Å²) in [6.07, 6.45) is 3.39. The van der Waals surface area contributed by atoms with Crippen LogP contribution in [0.3, 0.4) is 0 Å². The van der Waals surface area contributed by atoms with Crippen molar-refractivity contribution in [3.63, 3.8) is 0 Å². The lowest BCUT2D eigenvalue weighted by atomic mass is 9.77. The highest BCUT2D eigenvalue weighted by molar-refractivity contribution is 5.91. The number of carbonyl (C=O) groups excluding carboxylic acids is 2. The molecule has 2 bridgehead atoms. The number of fused-ring (bicyclic) bond motifs is 1. The van der Waals surface area contributed by atoms with Gasteiger partial charge in [0, 0.05) is 6.54 Å². The third-order valence-corrected chi connectivity index (χ3v) is 4.39. The van der Waals surface area contributed by atoms with Crippen LogP contribution >= 0.6 is 0 Å². The summed E-state index contributed by atoms with van der Waals surface area (Å²) in [5.41, 5.74) is -0.614. The van der Waals surface area contributed by atoms with Gasteiger partial charge in [-0.3, -0.25) is 9.59 Å². The number of nitrogens with zero attached hydrogens (tertiary/aromatic N) is 1. The fourth-order valence-electron chi connectivity index (χ4n) is 3.75. The molecule has 1 spiro atoms. The van der Waals surface area contributed by atoms with Crippen LogP contribution in [0.25, 0.3) is 0 Å². The summed E-state index contributed by atoms with van der Waals surface area (Å²) in [4.78, 5) is 26.9. The van der Waals surface area contributed by atoms with Gasteiger partial charge in [0.15, 0.2) is 0 Å². The van der Waals surface area contributed by atoms with Gasteiger partial charge in [0.25, 0.3) is 0 Å². The van der Waals surface area contributed by atoms with E-state index in [1.807, 2.05) is 30.9 Å². The fraction of sp³-hybridized carbons (Fsp3) is 0.750. The molecule has 0 aliphatic carbocycles. The minimum Gasteiger partial charge on any atom is -0.463 e. The van der Waals surface area contributed by atoms with Crippen LogP contribution in [0.2, 0.25) is 0 Å². The molecule has 0 aromatic carbocycles. The van der Waals surface area contributed by atoms with E-state index in [1.54, 1.807) is 0 Å². The van der Waals surface area contributed by atoms with Gasteiger partial charge in [0.1, 0.15) is 11.5 Å². The van der Waals surface area contributed by atoms with E-state index in [0.29, 0.717) is 19.0 Å². The average molecular weight is 293 g/mol. The Morgan fingerprint density at radius 2 is 2.19 bits per heavy atom. The van der Waals surface area contributed by atoms with Crippen LogP contribution in [0.4, 0.5) is 0 Å². The summed E-state index contributed by atoms with van der Waals surface area (Å²) in [5, 5.41) is 0. The Morgan fingerprint density at radius 1 is 1.48 bits per heavy atom. The number of likely N-dealkylation sites (tertiary alicyclic amines) is 1. The van der Waals surface area contributed by atoms with Crippen molar-refractivity contribution in [2.45, 2.75) is 45.5 Å². The number of hydrogen-bond acceptors (Lipinski definition) is 4. The van der Waals surface area contributed by atoms with Gasteiger partial charge >= 0.3 is 5.97 Å². The highest BCUT2D eigenvalue weighted by Gasteiger charge is 2.67. The monoisotopic (exact) mass is 293 g/mol. The minimum absolute atomic E-state index is 0.0289. The molecule has 0 unspecified atom stereocenters. The molecule has 3 heterocycles. The topological polar surface area (TPSA) is 55.8 Å². The summed E-state index contributed by atoms with van der Waals surface area (Å²) in [6, 6.07) is 0. The van der Waals surface area contributed by atoms with Gasteiger partial charge in [-0.05, 0) is 19.8 Å². The molecule has 3 aliphatic rings. The van der Waals surface area contributed by atoms with E-state index >= 15 is 0 Å². The lowest BCUT2D eigenvalue weighted by Gasteiger charge is -2.23.